The predicted molar refractivity (Wildman–Crippen MR) is 194 cm³/mol. The first-order valence-corrected chi connectivity index (χ1v) is 19.0. The standard InChI is InChI=1S/C41H61N3O4/c1-7-8-9-10-19-43-20-13-16-28-14-11-17-32(37(28)43)33-18-12-15-29(39(33)48-6)23-44-24-30(25-45)36(27(3)46)38(44)40(47)42-35-22-31-21-34(26(35)2)41(31,4)5/h11-12,14-15,17-18,26-27,30-31,34-36,38,45-46H,7-10,13,16,19-25H2,1-6H3,(H,42,47)/t26-,27-,30-,31+,34-,35-,36-,38?/m0/s1. The Morgan fingerprint density at radius 3 is 2.56 bits per heavy atom. The third-order valence-electron chi connectivity index (χ3n) is 13.1. The fourth-order valence-electron chi connectivity index (χ4n) is 10.3. The normalized spacial score (nSPS) is 30.0. The summed E-state index contributed by atoms with van der Waals surface area (Å²) in [5.74, 6) is 1.98. The minimum atomic E-state index is -0.716. The largest absolute Gasteiger partial charge is 0.496 e. The van der Waals surface area contributed by atoms with E-state index in [-0.39, 0.29) is 30.4 Å². The second-order valence-electron chi connectivity index (χ2n) is 16.2. The number of fused-ring (bicyclic) bond motifs is 3. The van der Waals surface area contributed by atoms with Gasteiger partial charge in [-0.05, 0) is 67.8 Å². The number of hydrogen-bond acceptors (Lipinski definition) is 6. The number of aryl methyl sites for hydroxylation is 1. The Morgan fingerprint density at radius 1 is 1.10 bits per heavy atom. The van der Waals surface area contributed by atoms with Crippen LogP contribution in [0.1, 0.15) is 90.7 Å². The summed E-state index contributed by atoms with van der Waals surface area (Å²) < 4.78 is 6.23. The molecule has 0 aromatic heterocycles. The Kier molecular flexibility index (Phi) is 10.8. The van der Waals surface area contributed by atoms with Crippen molar-refractivity contribution in [3.8, 4) is 16.9 Å². The second kappa shape index (κ2) is 14.7. The van der Waals surface area contributed by atoms with Gasteiger partial charge in [-0.15, -0.1) is 0 Å². The van der Waals surface area contributed by atoms with Crippen LogP contribution in [0.4, 0.5) is 5.69 Å². The molecule has 5 aliphatic rings. The highest BCUT2D eigenvalue weighted by Gasteiger charge is 2.57. The van der Waals surface area contributed by atoms with Crippen molar-refractivity contribution in [3.63, 3.8) is 0 Å². The van der Waals surface area contributed by atoms with Crippen molar-refractivity contribution < 1.29 is 19.7 Å². The maximum atomic E-state index is 14.3. The van der Waals surface area contributed by atoms with Gasteiger partial charge >= 0.3 is 0 Å². The van der Waals surface area contributed by atoms with E-state index in [0.29, 0.717) is 36.3 Å². The van der Waals surface area contributed by atoms with Gasteiger partial charge in [-0.1, -0.05) is 83.4 Å². The van der Waals surface area contributed by atoms with Crippen molar-refractivity contribution >= 4 is 11.6 Å². The lowest BCUT2D eigenvalue weighted by Crippen LogP contribution is -2.62. The molecule has 7 rings (SSSR count). The van der Waals surface area contributed by atoms with E-state index >= 15 is 0 Å². The third-order valence-corrected chi connectivity index (χ3v) is 13.1. The molecule has 3 N–H and O–H groups in total. The van der Waals surface area contributed by atoms with E-state index in [9.17, 15) is 15.0 Å². The number of amides is 1. The molecule has 8 atom stereocenters. The molecule has 1 saturated heterocycles. The van der Waals surface area contributed by atoms with Gasteiger partial charge in [0.05, 0.1) is 19.3 Å². The molecular formula is C41H61N3O4. The molecule has 7 heteroatoms. The fourth-order valence-corrected chi connectivity index (χ4v) is 10.3. The number of aliphatic hydroxyl groups is 2. The number of unbranched alkanes of at least 4 members (excludes halogenated alkanes) is 3. The van der Waals surface area contributed by atoms with Crippen molar-refractivity contribution in [2.24, 2.45) is 35.0 Å². The number of nitrogens with one attached hydrogen (secondary N) is 1. The molecule has 4 fully saturated rings. The first kappa shape index (κ1) is 35.2. The van der Waals surface area contributed by atoms with E-state index in [2.05, 4.69) is 79.2 Å². The van der Waals surface area contributed by atoms with Gasteiger partial charge in [0.1, 0.15) is 5.75 Å². The van der Waals surface area contributed by atoms with E-state index in [0.717, 1.165) is 42.8 Å². The Balaban J connectivity index is 1.28. The van der Waals surface area contributed by atoms with Crippen LogP contribution in [0, 0.1) is 35.0 Å². The fraction of sp³-hybridized carbons (Fsp3) is 0.683. The van der Waals surface area contributed by atoms with E-state index in [4.69, 9.17) is 4.74 Å². The monoisotopic (exact) mass is 659 g/mol. The number of aliphatic hydroxyl groups excluding tert-OH is 2. The summed E-state index contributed by atoms with van der Waals surface area (Å²) in [5.41, 5.74) is 6.40. The Morgan fingerprint density at radius 2 is 1.88 bits per heavy atom. The number of carbonyl (C=O) groups excluding carboxylic acids is 1. The second-order valence-corrected chi connectivity index (χ2v) is 16.2. The summed E-state index contributed by atoms with van der Waals surface area (Å²) in [6.45, 7) is 14.2. The zero-order chi connectivity index (χ0) is 34.2. The van der Waals surface area contributed by atoms with Crippen molar-refractivity contribution in [3.05, 3.63) is 47.5 Å². The molecular weight excluding hydrogens is 598 g/mol. The molecule has 2 aromatic rings. The van der Waals surface area contributed by atoms with Gasteiger partial charge in [-0.2, -0.15) is 0 Å². The van der Waals surface area contributed by atoms with Gasteiger partial charge in [0.25, 0.3) is 0 Å². The van der Waals surface area contributed by atoms with Crippen LogP contribution in [-0.4, -0.2) is 72.6 Å². The number of carbonyl (C=O) groups is 1. The van der Waals surface area contributed by atoms with Crippen LogP contribution in [-0.2, 0) is 17.8 Å². The third kappa shape index (κ3) is 6.52. The molecule has 0 spiro atoms. The van der Waals surface area contributed by atoms with E-state index in [1.165, 1.54) is 55.3 Å². The summed E-state index contributed by atoms with van der Waals surface area (Å²) in [7, 11) is 1.75. The summed E-state index contributed by atoms with van der Waals surface area (Å²) in [6.07, 6.45) is 8.79. The summed E-state index contributed by atoms with van der Waals surface area (Å²) in [6, 6.07) is 12.7. The van der Waals surface area contributed by atoms with Crippen molar-refractivity contribution in [1.82, 2.24) is 10.2 Å². The lowest BCUT2D eigenvalue weighted by Gasteiger charge is -2.62. The molecule has 0 radical (unpaired) electrons. The highest BCUT2D eigenvalue weighted by molar-refractivity contribution is 5.86. The first-order chi connectivity index (χ1) is 23.1. The number of nitrogens with zero attached hydrogens (tertiary/aromatic N) is 2. The Bertz CT molecular complexity index is 1420. The molecule has 264 valence electrons. The maximum absolute atomic E-state index is 14.3. The SMILES string of the molecule is CCCCCCN1CCCc2cccc(-c3cccc(CN4C[C@@H](CO)[C@H]([C@H](C)O)C4C(=O)N[C@H]4C[C@H]5C[C@@H]([C@@H]4C)C5(C)C)c3OC)c21. The number of anilines is 1. The average molecular weight is 660 g/mol. The lowest BCUT2D eigenvalue weighted by atomic mass is 9.45. The van der Waals surface area contributed by atoms with Gasteiger partial charge in [0.15, 0.2) is 0 Å². The molecule has 2 aromatic carbocycles. The molecule has 1 amide bonds. The smallest absolute Gasteiger partial charge is 0.237 e. The highest BCUT2D eigenvalue weighted by Crippen LogP contribution is 2.61. The number of para-hydroxylation sites is 2. The minimum absolute atomic E-state index is 0.0150. The van der Waals surface area contributed by atoms with E-state index in [1.807, 2.05) is 0 Å². The lowest BCUT2D eigenvalue weighted by molar-refractivity contribution is -0.139. The number of rotatable bonds is 13. The number of ether oxygens (including phenoxy) is 1. The molecule has 3 saturated carbocycles. The molecule has 2 bridgehead atoms. The topological polar surface area (TPSA) is 85.3 Å². The van der Waals surface area contributed by atoms with Crippen LogP contribution in [0.2, 0.25) is 0 Å². The van der Waals surface area contributed by atoms with Crippen LogP contribution < -0.4 is 15.0 Å². The molecule has 7 nitrogen and oxygen atoms in total. The van der Waals surface area contributed by atoms with Crippen molar-refractivity contribution in [2.75, 3.05) is 38.3 Å². The first-order valence-electron chi connectivity index (χ1n) is 19.0. The van der Waals surface area contributed by atoms with Gasteiger partial charge < -0.3 is 25.2 Å². The zero-order valence-electron chi connectivity index (χ0n) is 30.4. The number of methoxy groups -OCH3 is 1. The zero-order valence-corrected chi connectivity index (χ0v) is 30.4. The Labute approximate surface area is 289 Å². The maximum Gasteiger partial charge on any atom is 0.237 e. The minimum Gasteiger partial charge on any atom is -0.496 e. The summed E-state index contributed by atoms with van der Waals surface area (Å²) in [4.78, 5) is 19.1. The van der Waals surface area contributed by atoms with Crippen LogP contribution in [0.5, 0.6) is 5.75 Å². The highest BCUT2D eigenvalue weighted by atomic mass is 16.5. The Hall–Kier alpha value is -2.61. The van der Waals surface area contributed by atoms with Gasteiger partial charge in [-0.25, -0.2) is 0 Å². The van der Waals surface area contributed by atoms with Crippen LogP contribution in [0.25, 0.3) is 11.1 Å². The molecule has 2 aliphatic heterocycles. The van der Waals surface area contributed by atoms with Crippen LogP contribution >= 0.6 is 0 Å². The number of likely N-dealkylation sites (tertiary alicyclic amines) is 1. The number of benzene rings is 2. The van der Waals surface area contributed by atoms with Gasteiger partial charge in [0, 0.05) is 73.0 Å². The van der Waals surface area contributed by atoms with Crippen molar-refractivity contribution in [2.45, 2.75) is 111 Å². The molecule has 48 heavy (non-hydrogen) atoms. The molecule has 2 heterocycles. The molecule has 1 unspecified atom stereocenters. The van der Waals surface area contributed by atoms with Crippen LogP contribution in [0.15, 0.2) is 36.4 Å². The average Bonchev–Trinajstić information content (AvgIpc) is 3.45. The molecule has 3 aliphatic carbocycles. The van der Waals surface area contributed by atoms with Gasteiger partial charge in [-0.3, -0.25) is 9.69 Å². The van der Waals surface area contributed by atoms with E-state index in [1.54, 1.807) is 14.0 Å². The quantitative estimate of drug-likeness (QED) is 0.208. The number of hydrogen-bond donors (Lipinski definition) is 3. The summed E-state index contributed by atoms with van der Waals surface area (Å²) in [5, 5.41) is 24.9. The predicted octanol–water partition coefficient (Wildman–Crippen LogP) is 6.67. The summed E-state index contributed by atoms with van der Waals surface area (Å²) >= 11 is 0. The van der Waals surface area contributed by atoms with Crippen LogP contribution in [0.3, 0.4) is 0 Å². The van der Waals surface area contributed by atoms with Gasteiger partial charge in [0.2, 0.25) is 5.91 Å². The van der Waals surface area contributed by atoms with E-state index < -0.39 is 12.1 Å². The van der Waals surface area contributed by atoms with Crippen molar-refractivity contribution in [1.29, 1.82) is 0 Å².